The Bertz CT molecular complexity index is 2550. The second-order valence-electron chi connectivity index (χ2n) is 15.4. The zero-order valence-corrected chi connectivity index (χ0v) is 33.2. The molecule has 0 saturated carbocycles. The molecule has 0 fully saturated rings. The fourth-order valence-electron chi connectivity index (χ4n) is 8.90. The molecule has 0 unspecified atom stereocenters. The van der Waals surface area contributed by atoms with Gasteiger partial charge in [0.15, 0.2) is 0 Å². The van der Waals surface area contributed by atoms with Crippen LogP contribution in [0.2, 0.25) is 0 Å². The van der Waals surface area contributed by atoms with Gasteiger partial charge in [-0.1, -0.05) is 160 Å². The summed E-state index contributed by atoms with van der Waals surface area (Å²) in [5.41, 5.74) is 16.1. The van der Waals surface area contributed by atoms with E-state index < -0.39 is 5.41 Å². The van der Waals surface area contributed by atoms with Gasteiger partial charge in [0.2, 0.25) is 0 Å². The number of aromatic nitrogens is 2. The zero-order valence-electron chi connectivity index (χ0n) is 33.2. The highest BCUT2D eigenvalue weighted by molar-refractivity contribution is 5.93. The molecule has 0 amide bonds. The quantitative estimate of drug-likeness (QED) is 0.104. The smallest absolute Gasteiger partial charge is 0.128 e. The lowest BCUT2D eigenvalue weighted by Gasteiger charge is -2.34. The molecule has 3 heteroatoms. The molecule has 1 aliphatic rings. The Morgan fingerprint density at radius 1 is 0.414 bits per heavy atom. The number of nitrogens with zero attached hydrogens (tertiary/aromatic N) is 2. The van der Waals surface area contributed by atoms with Crippen LogP contribution in [0.5, 0.6) is 5.75 Å². The zero-order chi connectivity index (χ0) is 39.2. The van der Waals surface area contributed by atoms with Crippen LogP contribution in [0, 0.1) is 0 Å². The third-order valence-corrected chi connectivity index (χ3v) is 11.8. The predicted octanol–water partition coefficient (Wildman–Crippen LogP) is 14.2. The standard InChI is InChI=1S/C55H48N2O/c1-2-3-4-5-6-13-36-58-53-39-47(43-24-20-41(21-25-43)45-30-34-57-35-31-45)38-52-54(53)50-27-26-46(42-22-18-40(19-23-42)44-28-32-56-33-29-44)37-51(50)55(52,48-14-9-7-10-15-48)49-16-11-8-12-17-49/h7-12,14-35,37-39H,2-6,13,36H2,1H3. The van der Waals surface area contributed by atoms with Gasteiger partial charge in [-0.3, -0.25) is 9.97 Å². The Balaban J connectivity index is 1.23. The summed E-state index contributed by atoms with van der Waals surface area (Å²) in [7, 11) is 0. The Labute approximate surface area is 343 Å². The van der Waals surface area contributed by atoms with Crippen molar-refractivity contribution in [2.75, 3.05) is 6.61 Å². The SMILES string of the molecule is CCCCCCCCOc1cc(-c2ccc(-c3ccncc3)cc2)cc2c1-c1ccc(-c3ccc(-c4ccncc4)cc3)cc1C2(c1ccccc1)c1ccccc1. The molecule has 2 aromatic heterocycles. The van der Waals surface area contributed by atoms with Crippen molar-refractivity contribution in [3.8, 4) is 61.4 Å². The number of rotatable bonds is 14. The molecule has 9 rings (SSSR count). The van der Waals surface area contributed by atoms with Gasteiger partial charge in [-0.2, -0.15) is 0 Å². The van der Waals surface area contributed by atoms with Gasteiger partial charge in [0, 0.05) is 30.4 Å². The van der Waals surface area contributed by atoms with E-state index in [-0.39, 0.29) is 0 Å². The van der Waals surface area contributed by atoms with Crippen LogP contribution in [0.25, 0.3) is 55.6 Å². The summed E-state index contributed by atoms with van der Waals surface area (Å²) >= 11 is 0. The first-order valence-electron chi connectivity index (χ1n) is 20.8. The molecule has 0 radical (unpaired) electrons. The van der Waals surface area contributed by atoms with Gasteiger partial charge in [-0.15, -0.1) is 0 Å². The first-order valence-corrected chi connectivity index (χ1v) is 20.8. The lowest BCUT2D eigenvalue weighted by molar-refractivity contribution is 0.305. The minimum Gasteiger partial charge on any atom is -0.493 e. The maximum absolute atomic E-state index is 6.99. The van der Waals surface area contributed by atoms with E-state index in [1.165, 1.54) is 87.7 Å². The van der Waals surface area contributed by atoms with Crippen LogP contribution >= 0.6 is 0 Å². The topological polar surface area (TPSA) is 35.0 Å². The van der Waals surface area contributed by atoms with Crippen LogP contribution in [-0.2, 0) is 5.41 Å². The van der Waals surface area contributed by atoms with E-state index in [9.17, 15) is 0 Å². The van der Waals surface area contributed by atoms with E-state index in [4.69, 9.17) is 4.74 Å². The Hall–Kier alpha value is -6.58. The summed E-state index contributed by atoms with van der Waals surface area (Å²) in [6, 6.07) is 60.1. The normalized spacial score (nSPS) is 12.5. The van der Waals surface area contributed by atoms with Crippen LogP contribution in [-0.4, -0.2) is 16.6 Å². The van der Waals surface area contributed by atoms with Crippen LogP contribution in [0.3, 0.4) is 0 Å². The highest BCUT2D eigenvalue weighted by Crippen LogP contribution is 2.60. The van der Waals surface area contributed by atoms with Gasteiger partial charge < -0.3 is 4.74 Å². The lowest BCUT2D eigenvalue weighted by Crippen LogP contribution is -2.28. The molecule has 0 bridgehead atoms. The molecule has 0 spiro atoms. The van der Waals surface area contributed by atoms with Crippen molar-refractivity contribution in [2.24, 2.45) is 0 Å². The average molecular weight is 753 g/mol. The van der Waals surface area contributed by atoms with Crippen molar-refractivity contribution in [1.82, 2.24) is 9.97 Å². The minimum atomic E-state index is -0.592. The first kappa shape index (κ1) is 37.0. The van der Waals surface area contributed by atoms with E-state index in [0.717, 1.165) is 34.4 Å². The number of hydrogen-bond donors (Lipinski definition) is 0. The summed E-state index contributed by atoms with van der Waals surface area (Å²) in [5, 5.41) is 0. The van der Waals surface area contributed by atoms with Crippen LogP contribution in [0.4, 0.5) is 0 Å². The van der Waals surface area contributed by atoms with Crippen LogP contribution < -0.4 is 4.74 Å². The largest absolute Gasteiger partial charge is 0.493 e. The second-order valence-corrected chi connectivity index (χ2v) is 15.4. The van der Waals surface area contributed by atoms with E-state index in [1.54, 1.807) is 0 Å². The van der Waals surface area contributed by atoms with Crippen molar-refractivity contribution in [2.45, 2.75) is 50.9 Å². The van der Waals surface area contributed by atoms with E-state index in [1.807, 2.05) is 24.8 Å². The summed E-state index contributed by atoms with van der Waals surface area (Å²) in [6.45, 7) is 2.96. The van der Waals surface area contributed by atoms with E-state index in [0.29, 0.717) is 6.61 Å². The summed E-state index contributed by atoms with van der Waals surface area (Å²) in [4.78, 5) is 8.45. The third kappa shape index (κ3) is 7.14. The van der Waals surface area contributed by atoms with Crippen molar-refractivity contribution in [3.63, 3.8) is 0 Å². The highest BCUT2D eigenvalue weighted by Gasteiger charge is 2.47. The Morgan fingerprint density at radius 3 is 1.41 bits per heavy atom. The summed E-state index contributed by atoms with van der Waals surface area (Å²) in [5.74, 6) is 0.948. The maximum atomic E-state index is 6.99. The van der Waals surface area contributed by atoms with E-state index in [2.05, 4.69) is 181 Å². The molecule has 6 aromatic carbocycles. The fourth-order valence-corrected chi connectivity index (χ4v) is 8.90. The molecule has 8 aromatic rings. The number of hydrogen-bond acceptors (Lipinski definition) is 3. The average Bonchev–Trinajstić information content (AvgIpc) is 3.60. The molecule has 3 nitrogen and oxygen atoms in total. The molecular formula is C55H48N2O. The molecule has 2 heterocycles. The van der Waals surface area contributed by atoms with Gasteiger partial charge in [-0.05, 0) is 121 Å². The molecule has 0 saturated heterocycles. The number of ether oxygens (including phenoxy) is 1. The highest BCUT2D eigenvalue weighted by atomic mass is 16.5. The number of fused-ring (bicyclic) bond motifs is 3. The second kappa shape index (κ2) is 16.9. The minimum absolute atomic E-state index is 0.592. The van der Waals surface area contributed by atoms with E-state index >= 15 is 0 Å². The Kier molecular flexibility index (Phi) is 10.8. The molecule has 0 aliphatic heterocycles. The van der Waals surface area contributed by atoms with Gasteiger partial charge in [0.05, 0.1) is 12.0 Å². The van der Waals surface area contributed by atoms with Crippen molar-refractivity contribution >= 4 is 0 Å². The van der Waals surface area contributed by atoms with Gasteiger partial charge in [0.25, 0.3) is 0 Å². The molecule has 0 N–H and O–H groups in total. The van der Waals surface area contributed by atoms with Crippen LogP contribution in [0.15, 0.2) is 189 Å². The maximum Gasteiger partial charge on any atom is 0.128 e. The first-order chi connectivity index (χ1) is 28.7. The van der Waals surface area contributed by atoms with Gasteiger partial charge in [0.1, 0.15) is 5.75 Å². The summed E-state index contributed by atoms with van der Waals surface area (Å²) in [6.07, 6.45) is 14.7. The fraction of sp³-hybridized carbons (Fsp3) is 0.164. The predicted molar refractivity (Wildman–Crippen MR) is 240 cm³/mol. The van der Waals surface area contributed by atoms with Gasteiger partial charge >= 0.3 is 0 Å². The molecular weight excluding hydrogens is 705 g/mol. The van der Waals surface area contributed by atoms with Gasteiger partial charge in [-0.25, -0.2) is 0 Å². The Morgan fingerprint density at radius 2 is 0.862 bits per heavy atom. The van der Waals surface area contributed by atoms with Crippen molar-refractivity contribution < 1.29 is 4.74 Å². The molecule has 284 valence electrons. The molecule has 1 aliphatic carbocycles. The van der Waals surface area contributed by atoms with Crippen LogP contribution in [0.1, 0.15) is 67.7 Å². The summed E-state index contributed by atoms with van der Waals surface area (Å²) < 4.78 is 6.99. The lowest BCUT2D eigenvalue weighted by atomic mass is 9.67. The number of benzene rings is 6. The van der Waals surface area contributed by atoms with Crippen molar-refractivity contribution in [3.05, 3.63) is 211 Å². The van der Waals surface area contributed by atoms with Crippen molar-refractivity contribution in [1.29, 1.82) is 0 Å². The third-order valence-electron chi connectivity index (χ3n) is 11.8. The molecule has 0 atom stereocenters. The number of unbranched alkanes of at least 4 members (excludes halogenated alkanes) is 5. The molecule has 58 heavy (non-hydrogen) atoms. The number of pyridine rings is 2. The monoisotopic (exact) mass is 752 g/mol.